The Morgan fingerprint density at radius 1 is 1.32 bits per heavy atom. The molecule has 0 bridgehead atoms. The van der Waals surface area contributed by atoms with E-state index in [4.69, 9.17) is 5.11 Å². The van der Waals surface area contributed by atoms with Crippen LogP contribution in [0.2, 0.25) is 0 Å². The van der Waals surface area contributed by atoms with Crippen molar-refractivity contribution in [2.75, 3.05) is 11.9 Å². The minimum Gasteiger partial charge on any atom is -0.396 e. The van der Waals surface area contributed by atoms with Crippen molar-refractivity contribution >= 4 is 11.6 Å². The molecule has 0 aliphatic rings. The van der Waals surface area contributed by atoms with Gasteiger partial charge in [-0.15, -0.1) is 0 Å². The van der Waals surface area contributed by atoms with Gasteiger partial charge in [-0.05, 0) is 12.0 Å². The summed E-state index contributed by atoms with van der Waals surface area (Å²) < 4.78 is 1.77. The molecule has 100 valence electrons. The summed E-state index contributed by atoms with van der Waals surface area (Å²) >= 11 is 0. The third-order valence-corrected chi connectivity index (χ3v) is 2.67. The van der Waals surface area contributed by atoms with Crippen molar-refractivity contribution in [2.45, 2.75) is 19.4 Å². The van der Waals surface area contributed by atoms with Crippen LogP contribution >= 0.6 is 0 Å². The average molecular weight is 259 g/mol. The highest BCUT2D eigenvalue weighted by atomic mass is 16.3. The Morgan fingerprint density at radius 2 is 2.11 bits per heavy atom. The molecule has 1 amide bonds. The first-order valence-electron chi connectivity index (χ1n) is 6.25. The van der Waals surface area contributed by atoms with Gasteiger partial charge in [0.15, 0.2) is 0 Å². The van der Waals surface area contributed by atoms with E-state index < -0.39 is 0 Å². The van der Waals surface area contributed by atoms with Gasteiger partial charge in [-0.2, -0.15) is 5.10 Å². The van der Waals surface area contributed by atoms with Crippen LogP contribution in [0.3, 0.4) is 0 Å². The van der Waals surface area contributed by atoms with Crippen molar-refractivity contribution in [3.63, 3.8) is 0 Å². The van der Waals surface area contributed by atoms with Crippen LogP contribution in [0.25, 0.3) is 0 Å². The zero-order valence-corrected chi connectivity index (χ0v) is 10.6. The number of hydrogen-bond donors (Lipinski definition) is 2. The molecule has 0 saturated carbocycles. The number of aliphatic hydroxyl groups excluding tert-OH is 1. The summed E-state index contributed by atoms with van der Waals surface area (Å²) in [5.41, 5.74) is 1.84. The first-order valence-corrected chi connectivity index (χ1v) is 6.25. The Bertz CT molecular complexity index is 522. The van der Waals surface area contributed by atoms with Crippen LogP contribution in [0.5, 0.6) is 0 Å². The van der Waals surface area contributed by atoms with E-state index in [1.165, 1.54) is 0 Å². The second-order valence-corrected chi connectivity index (χ2v) is 4.29. The lowest BCUT2D eigenvalue weighted by atomic mass is 10.2. The largest absolute Gasteiger partial charge is 0.396 e. The van der Waals surface area contributed by atoms with Gasteiger partial charge in [0.1, 0.15) is 0 Å². The predicted molar refractivity (Wildman–Crippen MR) is 72.7 cm³/mol. The standard InChI is InChI=1S/C14H17N3O2/c18-8-4-7-14(19)16-13-9-15-17(11-13)10-12-5-2-1-3-6-12/h1-3,5-6,9,11,18H,4,7-8,10H2,(H,16,19). The van der Waals surface area contributed by atoms with Crippen LogP contribution in [0.4, 0.5) is 5.69 Å². The number of aliphatic hydroxyl groups is 1. The molecule has 5 heteroatoms. The third kappa shape index (κ3) is 4.22. The van der Waals surface area contributed by atoms with E-state index in [9.17, 15) is 4.79 Å². The molecule has 0 aliphatic heterocycles. The van der Waals surface area contributed by atoms with E-state index in [-0.39, 0.29) is 12.5 Å². The van der Waals surface area contributed by atoms with E-state index in [0.29, 0.717) is 25.1 Å². The maximum atomic E-state index is 11.5. The summed E-state index contributed by atoms with van der Waals surface area (Å²) in [7, 11) is 0. The molecular weight excluding hydrogens is 242 g/mol. The van der Waals surface area contributed by atoms with Crippen molar-refractivity contribution in [3.8, 4) is 0 Å². The molecule has 0 atom stereocenters. The number of carbonyl (C=O) groups excluding carboxylic acids is 1. The smallest absolute Gasteiger partial charge is 0.224 e. The minimum atomic E-state index is -0.103. The number of nitrogens with one attached hydrogen (secondary N) is 1. The molecule has 1 aromatic heterocycles. The summed E-state index contributed by atoms with van der Waals surface area (Å²) in [4.78, 5) is 11.5. The molecule has 0 fully saturated rings. The van der Waals surface area contributed by atoms with Crippen molar-refractivity contribution in [1.29, 1.82) is 0 Å². The number of rotatable bonds is 6. The summed E-state index contributed by atoms with van der Waals surface area (Å²) in [6.45, 7) is 0.702. The van der Waals surface area contributed by atoms with E-state index in [1.807, 2.05) is 30.3 Å². The average Bonchev–Trinajstić information content (AvgIpc) is 2.85. The van der Waals surface area contributed by atoms with Gasteiger partial charge in [0.05, 0.1) is 18.4 Å². The summed E-state index contributed by atoms with van der Waals surface area (Å²) in [5.74, 6) is -0.103. The molecule has 5 nitrogen and oxygen atoms in total. The number of benzene rings is 1. The van der Waals surface area contributed by atoms with Crippen molar-refractivity contribution in [3.05, 3.63) is 48.3 Å². The highest BCUT2D eigenvalue weighted by Gasteiger charge is 2.04. The van der Waals surface area contributed by atoms with Crippen molar-refractivity contribution < 1.29 is 9.90 Å². The molecule has 19 heavy (non-hydrogen) atoms. The fraction of sp³-hybridized carbons (Fsp3) is 0.286. The maximum Gasteiger partial charge on any atom is 0.224 e. The second-order valence-electron chi connectivity index (χ2n) is 4.29. The number of carbonyl (C=O) groups is 1. The lowest BCUT2D eigenvalue weighted by Gasteiger charge is -2.02. The van der Waals surface area contributed by atoms with Crippen LogP contribution < -0.4 is 5.32 Å². The lowest BCUT2D eigenvalue weighted by molar-refractivity contribution is -0.116. The molecule has 2 N–H and O–H groups in total. The molecule has 0 saturated heterocycles. The number of nitrogens with zero attached hydrogens (tertiary/aromatic N) is 2. The van der Waals surface area contributed by atoms with Crippen molar-refractivity contribution in [2.24, 2.45) is 0 Å². The number of amides is 1. The normalized spacial score (nSPS) is 10.4. The fourth-order valence-electron chi connectivity index (χ4n) is 1.75. The number of hydrogen-bond acceptors (Lipinski definition) is 3. The lowest BCUT2D eigenvalue weighted by Crippen LogP contribution is -2.11. The Labute approximate surface area is 111 Å². The Kier molecular flexibility index (Phi) is 4.69. The molecular formula is C14H17N3O2. The van der Waals surface area contributed by atoms with Crippen LogP contribution in [0.15, 0.2) is 42.7 Å². The molecule has 1 heterocycles. The van der Waals surface area contributed by atoms with Gasteiger partial charge in [-0.25, -0.2) is 0 Å². The summed E-state index contributed by atoms with van der Waals surface area (Å²) in [6.07, 6.45) is 4.22. The van der Waals surface area contributed by atoms with Gasteiger partial charge < -0.3 is 10.4 Å². The summed E-state index contributed by atoms with van der Waals surface area (Å²) in [5, 5.41) is 15.6. The van der Waals surface area contributed by atoms with Crippen LogP contribution in [-0.4, -0.2) is 27.4 Å². The van der Waals surface area contributed by atoms with E-state index >= 15 is 0 Å². The monoisotopic (exact) mass is 259 g/mol. The Morgan fingerprint density at radius 3 is 2.84 bits per heavy atom. The number of anilines is 1. The van der Waals surface area contributed by atoms with E-state index in [2.05, 4.69) is 10.4 Å². The molecule has 0 radical (unpaired) electrons. The quantitative estimate of drug-likeness (QED) is 0.828. The van der Waals surface area contributed by atoms with Gasteiger partial charge in [0.25, 0.3) is 0 Å². The predicted octanol–water partition coefficient (Wildman–Crippen LogP) is 1.64. The van der Waals surface area contributed by atoms with E-state index in [1.54, 1.807) is 17.1 Å². The van der Waals surface area contributed by atoms with Crippen molar-refractivity contribution in [1.82, 2.24) is 9.78 Å². The zero-order chi connectivity index (χ0) is 13.5. The second kappa shape index (κ2) is 6.70. The molecule has 2 rings (SSSR count). The van der Waals surface area contributed by atoms with E-state index in [0.717, 1.165) is 5.56 Å². The fourth-order valence-corrected chi connectivity index (χ4v) is 1.75. The van der Waals surface area contributed by atoms with Gasteiger partial charge >= 0.3 is 0 Å². The van der Waals surface area contributed by atoms with Gasteiger partial charge in [0.2, 0.25) is 5.91 Å². The van der Waals surface area contributed by atoms with Gasteiger partial charge in [-0.3, -0.25) is 9.48 Å². The molecule has 2 aromatic rings. The first-order chi connectivity index (χ1) is 9.28. The Hall–Kier alpha value is -2.14. The third-order valence-electron chi connectivity index (χ3n) is 2.67. The minimum absolute atomic E-state index is 0.0285. The molecule has 0 unspecified atom stereocenters. The zero-order valence-electron chi connectivity index (χ0n) is 10.6. The molecule has 0 spiro atoms. The highest BCUT2D eigenvalue weighted by Crippen LogP contribution is 2.08. The summed E-state index contributed by atoms with van der Waals surface area (Å²) in [6, 6.07) is 9.99. The van der Waals surface area contributed by atoms with Gasteiger partial charge in [-0.1, -0.05) is 30.3 Å². The SMILES string of the molecule is O=C(CCCO)Nc1cnn(Cc2ccccc2)c1. The topological polar surface area (TPSA) is 67.2 Å². The number of aromatic nitrogens is 2. The van der Waals surface area contributed by atoms with Crippen LogP contribution in [0, 0.1) is 0 Å². The molecule has 1 aromatic carbocycles. The molecule has 0 aliphatic carbocycles. The van der Waals surface area contributed by atoms with Crippen LogP contribution in [0.1, 0.15) is 18.4 Å². The highest BCUT2D eigenvalue weighted by molar-refractivity contribution is 5.90. The van der Waals surface area contributed by atoms with Crippen LogP contribution in [-0.2, 0) is 11.3 Å². The maximum absolute atomic E-state index is 11.5. The first kappa shape index (κ1) is 13.3. The Balaban J connectivity index is 1.90. The van der Waals surface area contributed by atoms with Gasteiger partial charge in [0, 0.05) is 19.2 Å².